The van der Waals surface area contributed by atoms with Gasteiger partial charge >= 0.3 is 5.97 Å². The topological polar surface area (TPSA) is 74.2 Å². The average Bonchev–Trinajstić information content (AvgIpc) is 2.81. The Hall–Kier alpha value is -0.473. The van der Waals surface area contributed by atoms with E-state index in [0.717, 1.165) is 6.42 Å². The normalized spacial score (nSPS) is 27.6. The Bertz CT molecular complexity index is 462. The van der Waals surface area contributed by atoms with Crippen molar-refractivity contribution in [2.24, 2.45) is 11.8 Å². The highest BCUT2D eigenvalue weighted by Crippen LogP contribution is 2.44. The molecule has 0 spiro atoms. The molecule has 1 unspecified atom stereocenters. The smallest absolute Gasteiger partial charge is 0.302 e. The van der Waals surface area contributed by atoms with Gasteiger partial charge in [-0.1, -0.05) is 20.8 Å². The fourth-order valence-electron chi connectivity index (χ4n) is 3.49. The third kappa shape index (κ3) is 7.13. The van der Waals surface area contributed by atoms with Gasteiger partial charge in [0.15, 0.2) is 14.6 Å². The second-order valence-corrected chi connectivity index (χ2v) is 13.7. The highest BCUT2D eigenvalue weighted by atomic mass is 28.4. The van der Waals surface area contributed by atoms with Crippen LogP contribution in [0.4, 0.5) is 0 Å². The lowest BCUT2D eigenvalue weighted by Crippen LogP contribution is -2.45. The summed E-state index contributed by atoms with van der Waals surface area (Å²) in [5.41, 5.74) is 0. The van der Waals surface area contributed by atoms with Crippen LogP contribution in [0, 0.1) is 11.8 Å². The summed E-state index contributed by atoms with van der Waals surface area (Å²) in [7, 11) is -1.98. The first-order chi connectivity index (χ1) is 12.4. The SMILES string of the molecule is CCOC(C)O[C@@H]1C[C@H](O[Si](C)(C)C(C)(C)C)[C@@H](CCOC(C)=O)[C@H]1CO. The zero-order valence-corrected chi connectivity index (χ0v) is 19.4. The third-order valence-electron chi connectivity index (χ3n) is 5.96. The summed E-state index contributed by atoms with van der Waals surface area (Å²) >= 11 is 0. The first-order valence-corrected chi connectivity index (χ1v) is 13.0. The number of rotatable bonds is 10. The molecule has 1 rings (SSSR count). The van der Waals surface area contributed by atoms with Crippen molar-refractivity contribution in [2.45, 2.75) is 91.0 Å². The van der Waals surface area contributed by atoms with E-state index in [1.165, 1.54) is 6.92 Å². The van der Waals surface area contributed by atoms with Gasteiger partial charge in [-0.05, 0) is 50.7 Å². The van der Waals surface area contributed by atoms with Crippen LogP contribution in [0.2, 0.25) is 18.1 Å². The van der Waals surface area contributed by atoms with Gasteiger partial charge in [-0.15, -0.1) is 0 Å². The molecule has 0 aromatic carbocycles. The summed E-state index contributed by atoms with van der Waals surface area (Å²) in [6, 6.07) is 0. The largest absolute Gasteiger partial charge is 0.466 e. The maximum Gasteiger partial charge on any atom is 0.302 e. The maximum atomic E-state index is 11.2. The van der Waals surface area contributed by atoms with Gasteiger partial charge in [0.1, 0.15) is 0 Å². The van der Waals surface area contributed by atoms with E-state index in [2.05, 4.69) is 33.9 Å². The lowest BCUT2D eigenvalue weighted by molar-refractivity contribution is -0.170. The number of carbonyl (C=O) groups is 1. The van der Waals surface area contributed by atoms with E-state index < -0.39 is 8.32 Å². The number of ether oxygens (including phenoxy) is 3. The van der Waals surface area contributed by atoms with E-state index in [1.807, 2.05) is 13.8 Å². The molecule has 0 aromatic rings. The third-order valence-corrected chi connectivity index (χ3v) is 10.5. The molecule has 7 heteroatoms. The molecule has 0 radical (unpaired) electrons. The van der Waals surface area contributed by atoms with Crippen LogP contribution < -0.4 is 0 Å². The summed E-state index contributed by atoms with van der Waals surface area (Å²) < 4.78 is 23.5. The molecule has 27 heavy (non-hydrogen) atoms. The van der Waals surface area contributed by atoms with Crippen LogP contribution in [-0.4, -0.2) is 57.7 Å². The van der Waals surface area contributed by atoms with Crippen LogP contribution in [0.3, 0.4) is 0 Å². The first-order valence-electron chi connectivity index (χ1n) is 10.1. The zero-order valence-electron chi connectivity index (χ0n) is 18.4. The van der Waals surface area contributed by atoms with E-state index in [0.29, 0.717) is 19.6 Å². The molecule has 0 aliphatic heterocycles. The van der Waals surface area contributed by atoms with Gasteiger partial charge in [0.25, 0.3) is 0 Å². The van der Waals surface area contributed by atoms with Gasteiger partial charge in [-0.3, -0.25) is 4.79 Å². The average molecular weight is 405 g/mol. The fourth-order valence-corrected chi connectivity index (χ4v) is 4.87. The Morgan fingerprint density at radius 1 is 1.22 bits per heavy atom. The van der Waals surface area contributed by atoms with Crippen molar-refractivity contribution >= 4 is 14.3 Å². The number of aliphatic hydroxyl groups excluding tert-OH is 1. The van der Waals surface area contributed by atoms with Crippen LogP contribution in [0.1, 0.15) is 54.4 Å². The molecule has 0 amide bonds. The Morgan fingerprint density at radius 3 is 2.33 bits per heavy atom. The molecule has 1 saturated carbocycles. The minimum Gasteiger partial charge on any atom is -0.466 e. The van der Waals surface area contributed by atoms with Crippen molar-refractivity contribution in [3.8, 4) is 0 Å². The zero-order chi connectivity index (χ0) is 20.8. The minimum atomic E-state index is -1.98. The summed E-state index contributed by atoms with van der Waals surface area (Å²) in [6.07, 6.45) is 0.910. The van der Waals surface area contributed by atoms with Crippen molar-refractivity contribution in [1.29, 1.82) is 0 Å². The Morgan fingerprint density at radius 2 is 1.85 bits per heavy atom. The van der Waals surface area contributed by atoms with Gasteiger partial charge in [-0.2, -0.15) is 0 Å². The molecule has 1 aliphatic carbocycles. The van der Waals surface area contributed by atoms with Gasteiger partial charge in [-0.25, -0.2) is 0 Å². The molecular formula is C20H40O6Si. The van der Waals surface area contributed by atoms with Gasteiger partial charge in [0.05, 0.1) is 18.8 Å². The number of aliphatic hydroxyl groups is 1. The second-order valence-electron chi connectivity index (χ2n) is 8.99. The van der Waals surface area contributed by atoms with Crippen molar-refractivity contribution in [3.05, 3.63) is 0 Å². The van der Waals surface area contributed by atoms with Crippen LogP contribution in [0.5, 0.6) is 0 Å². The van der Waals surface area contributed by atoms with Crippen molar-refractivity contribution in [2.75, 3.05) is 19.8 Å². The lowest BCUT2D eigenvalue weighted by Gasteiger charge is -2.40. The van der Waals surface area contributed by atoms with Gasteiger partial charge < -0.3 is 23.7 Å². The molecule has 6 nitrogen and oxygen atoms in total. The molecular weight excluding hydrogens is 364 g/mol. The van der Waals surface area contributed by atoms with Gasteiger partial charge in [0, 0.05) is 26.1 Å². The summed E-state index contributed by atoms with van der Waals surface area (Å²) in [5, 5.41) is 10.2. The number of carbonyl (C=O) groups excluding carboxylic acids is 1. The standard InChI is InChI=1S/C20H40O6Si/c1-9-23-15(3)25-18-12-19(26-27(7,8)20(4,5)6)16(17(18)13-21)10-11-24-14(2)22/h15-19,21H,9-13H2,1-8H3/t15?,16-,17+,18+,19-/m0/s1. The molecule has 0 saturated heterocycles. The molecule has 1 aliphatic rings. The van der Waals surface area contributed by atoms with E-state index >= 15 is 0 Å². The molecule has 0 heterocycles. The second kappa shape index (κ2) is 10.3. The van der Waals surface area contributed by atoms with E-state index in [-0.39, 0.29) is 47.9 Å². The summed E-state index contributed by atoms with van der Waals surface area (Å²) in [5.74, 6) is -0.256. The van der Waals surface area contributed by atoms with Crippen molar-refractivity contribution < 1.29 is 28.5 Å². The van der Waals surface area contributed by atoms with Crippen LogP contribution >= 0.6 is 0 Å². The Balaban J connectivity index is 2.95. The molecule has 5 atom stereocenters. The number of hydrogen-bond donors (Lipinski definition) is 1. The fraction of sp³-hybridized carbons (Fsp3) is 0.950. The highest BCUT2D eigenvalue weighted by Gasteiger charge is 2.48. The predicted octanol–water partition coefficient (Wildman–Crippen LogP) is 3.73. The summed E-state index contributed by atoms with van der Waals surface area (Å²) in [6.45, 7) is 17.3. The monoisotopic (exact) mass is 404 g/mol. The first kappa shape index (κ1) is 24.6. The quantitative estimate of drug-likeness (QED) is 0.340. The molecule has 0 aromatic heterocycles. The van der Waals surface area contributed by atoms with Crippen LogP contribution in [0.25, 0.3) is 0 Å². The predicted molar refractivity (Wildman–Crippen MR) is 108 cm³/mol. The molecule has 1 fully saturated rings. The summed E-state index contributed by atoms with van der Waals surface area (Å²) in [4.78, 5) is 11.2. The van der Waals surface area contributed by atoms with Crippen LogP contribution in [0.15, 0.2) is 0 Å². The molecule has 1 N–H and O–H groups in total. The number of hydrogen-bond acceptors (Lipinski definition) is 6. The van der Waals surface area contributed by atoms with Crippen molar-refractivity contribution in [1.82, 2.24) is 0 Å². The van der Waals surface area contributed by atoms with Crippen LogP contribution in [-0.2, 0) is 23.4 Å². The van der Waals surface area contributed by atoms with E-state index in [9.17, 15) is 9.90 Å². The van der Waals surface area contributed by atoms with Crippen molar-refractivity contribution in [3.63, 3.8) is 0 Å². The van der Waals surface area contributed by atoms with Gasteiger partial charge in [0.2, 0.25) is 0 Å². The number of esters is 1. The molecule has 160 valence electrons. The maximum absolute atomic E-state index is 11.2. The van der Waals surface area contributed by atoms with E-state index in [4.69, 9.17) is 18.6 Å². The Kier molecular flexibility index (Phi) is 9.41. The highest BCUT2D eigenvalue weighted by molar-refractivity contribution is 6.74. The molecule has 0 bridgehead atoms. The Labute approximate surface area is 166 Å². The minimum absolute atomic E-state index is 0.0163. The van der Waals surface area contributed by atoms with E-state index in [1.54, 1.807) is 0 Å². The lowest BCUT2D eigenvalue weighted by atomic mass is 9.91.